The summed E-state index contributed by atoms with van der Waals surface area (Å²) in [6.45, 7) is 12.4. The van der Waals surface area contributed by atoms with E-state index in [2.05, 4.69) is 56.6 Å². The van der Waals surface area contributed by atoms with E-state index in [0.29, 0.717) is 11.3 Å². The van der Waals surface area contributed by atoms with Gasteiger partial charge in [-0.2, -0.15) is 0 Å². The zero-order chi connectivity index (χ0) is 19.5. The molecule has 0 bridgehead atoms. The van der Waals surface area contributed by atoms with E-state index in [1.54, 1.807) is 19.1 Å². The molecule has 26 heavy (non-hydrogen) atoms. The molecule has 140 valence electrons. The molecule has 0 atom stereocenters. The fraction of sp³-hybridized carbons (Fsp3) is 0.381. The molecule has 2 aromatic rings. The molecule has 0 unspecified atom stereocenters. The van der Waals surface area contributed by atoms with Crippen molar-refractivity contribution < 1.29 is 14.0 Å². The molecule has 0 aliphatic rings. The fourth-order valence-electron chi connectivity index (χ4n) is 2.34. The Morgan fingerprint density at radius 2 is 1.73 bits per heavy atom. The van der Waals surface area contributed by atoms with Crippen LogP contribution in [-0.2, 0) is 10.0 Å². The van der Waals surface area contributed by atoms with Gasteiger partial charge in [-0.3, -0.25) is 4.79 Å². The van der Waals surface area contributed by atoms with Gasteiger partial charge in [0.2, 0.25) is 0 Å². The third-order valence-corrected chi connectivity index (χ3v) is 6.31. The van der Waals surface area contributed by atoms with Crippen LogP contribution in [0.15, 0.2) is 46.9 Å². The largest absolute Gasteiger partial charge is 0.456 e. The van der Waals surface area contributed by atoms with Crippen LogP contribution in [0.2, 0.25) is 5.04 Å². The van der Waals surface area contributed by atoms with Crippen molar-refractivity contribution in [1.29, 1.82) is 0 Å². The summed E-state index contributed by atoms with van der Waals surface area (Å²) in [6, 6.07) is 13.3. The minimum atomic E-state index is -0.667. The molecule has 0 saturated heterocycles. The molecule has 0 spiro atoms. The zero-order valence-electron chi connectivity index (χ0n) is 16.4. The van der Waals surface area contributed by atoms with Crippen molar-refractivity contribution in [2.75, 3.05) is 0 Å². The quantitative estimate of drug-likeness (QED) is 0.413. The first-order valence-corrected chi connectivity index (χ1v) is 10.8. The molecule has 2 aromatic carbocycles. The summed E-state index contributed by atoms with van der Waals surface area (Å²) in [4.78, 5) is 11.5. The van der Waals surface area contributed by atoms with Crippen molar-refractivity contribution in [1.82, 2.24) is 0 Å². The second-order valence-electron chi connectivity index (χ2n) is 8.19. The minimum Gasteiger partial charge on any atom is -0.456 e. The average Bonchev–Trinajstić information content (AvgIpc) is 2.54. The average molecular weight is 435 g/mol. The SMILES string of the molecule is CC(=O)c1ccc(Oc2cccc(C(C)(C)O[SiH2]C(C)(C)C)c2)c(Br)c1. The Balaban J connectivity index is 2.20. The Bertz CT molecular complexity index is 794. The lowest BCUT2D eigenvalue weighted by Crippen LogP contribution is -2.27. The van der Waals surface area contributed by atoms with Gasteiger partial charge in [0.1, 0.15) is 11.5 Å². The van der Waals surface area contributed by atoms with E-state index in [-0.39, 0.29) is 16.4 Å². The van der Waals surface area contributed by atoms with Gasteiger partial charge in [-0.25, -0.2) is 0 Å². The van der Waals surface area contributed by atoms with Crippen LogP contribution in [0.5, 0.6) is 11.5 Å². The maximum absolute atomic E-state index is 11.5. The highest BCUT2D eigenvalue weighted by Gasteiger charge is 2.25. The Morgan fingerprint density at radius 3 is 2.31 bits per heavy atom. The van der Waals surface area contributed by atoms with Crippen LogP contribution in [-0.4, -0.2) is 15.5 Å². The lowest BCUT2D eigenvalue weighted by molar-refractivity contribution is 0.101. The lowest BCUT2D eigenvalue weighted by atomic mass is 9.98. The molecular formula is C21H27BrO3Si. The summed E-state index contributed by atoms with van der Waals surface area (Å²) < 4.78 is 13.1. The van der Waals surface area contributed by atoms with Gasteiger partial charge in [-0.1, -0.05) is 32.9 Å². The van der Waals surface area contributed by atoms with Crippen LogP contribution in [0.1, 0.15) is 57.5 Å². The molecule has 0 radical (unpaired) electrons. The molecule has 0 saturated carbocycles. The summed E-state index contributed by atoms with van der Waals surface area (Å²) in [5.74, 6) is 1.45. The summed E-state index contributed by atoms with van der Waals surface area (Å²) in [5, 5.41) is 0.245. The second kappa shape index (κ2) is 8.07. The molecule has 3 nitrogen and oxygen atoms in total. The van der Waals surface area contributed by atoms with E-state index in [1.807, 2.05) is 24.3 Å². The summed E-state index contributed by atoms with van der Waals surface area (Å²) in [6.07, 6.45) is 0. The molecule has 0 aliphatic carbocycles. The predicted molar refractivity (Wildman–Crippen MR) is 113 cm³/mol. The van der Waals surface area contributed by atoms with Gasteiger partial charge in [0.05, 0.1) is 10.1 Å². The van der Waals surface area contributed by atoms with E-state index in [4.69, 9.17) is 9.16 Å². The molecule has 0 aromatic heterocycles. The molecule has 0 N–H and O–H groups in total. The zero-order valence-corrected chi connectivity index (χ0v) is 19.4. The number of ketones is 1. The normalized spacial score (nSPS) is 12.6. The van der Waals surface area contributed by atoms with Gasteiger partial charge in [-0.15, -0.1) is 0 Å². The highest BCUT2D eigenvalue weighted by atomic mass is 79.9. The first-order chi connectivity index (χ1) is 12.0. The van der Waals surface area contributed by atoms with Crippen LogP contribution < -0.4 is 4.74 Å². The molecule has 0 heterocycles. The summed E-state index contributed by atoms with van der Waals surface area (Å²) in [7, 11) is -0.667. The maximum Gasteiger partial charge on any atom is 0.168 e. The van der Waals surface area contributed by atoms with E-state index >= 15 is 0 Å². The molecule has 0 amide bonds. The van der Waals surface area contributed by atoms with Crippen molar-refractivity contribution in [2.45, 2.75) is 52.2 Å². The third kappa shape index (κ3) is 5.79. The topological polar surface area (TPSA) is 35.5 Å². The Morgan fingerprint density at radius 1 is 1.04 bits per heavy atom. The third-order valence-electron chi connectivity index (χ3n) is 3.96. The van der Waals surface area contributed by atoms with Crippen LogP contribution in [0.3, 0.4) is 0 Å². The fourth-order valence-corrected chi connectivity index (χ4v) is 3.76. The van der Waals surface area contributed by atoms with E-state index in [9.17, 15) is 4.79 Å². The van der Waals surface area contributed by atoms with Gasteiger partial charge in [0.25, 0.3) is 0 Å². The number of ether oxygens (including phenoxy) is 1. The number of carbonyl (C=O) groups is 1. The first-order valence-electron chi connectivity index (χ1n) is 8.71. The Hall–Kier alpha value is -1.43. The molecule has 2 rings (SSSR count). The van der Waals surface area contributed by atoms with Gasteiger partial charge < -0.3 is 9.16 Å². The molecule has 0 fully saturated rings. The van der Waals surface area contributed by atoms with Crippen LogP contribution in [0.25, 0.3) is 0 Å². The number of rotatable bonds is 6. The van der Waals surface area contributed by atoms with E-state index in [1.165, 1.54) is 0 Å². The van der Waals surface area contributed by atoms with E-state index in [0.717, 1.165) is 15.8 Å². The second-order valence-corrected chi connectivity index (χ2v) is 11.7. The Labute approximate surface area is 167 Å². The number of hydrogen-bond donors (Lipinski definition) is 0. The number of carbonyl (C=O) groups excluding carboxylic acids is 1. The molecule has 0 aliphatic heterocycles. The lowest BCUT2D eigenvalue weighted by Gasteiger charge is -2.30. The van der Waals surface area contributed by atoms with Crippen molar-refractivity contribution in [3.63, 3.8) is 0 Å². The van der Waals surface area contributed by atoms with Gasteiger partial charge >= 0.3 is 0 Å². The highest BCUT2D eigenvalue weighted by Crippen LogP contribution is 2.34. The van der Waals surface area contributed by atoms with Gasteiger partial charge in [0.15, 0.2) is 15.5 Å². The number of halogens is 1. The Kier molecular flexibility index (Phi) is 6.48. The smallest absolute Gasteiger partial charge is 0.168 e. The first kappa shape index (κ1) is 20.9. The number of Topliss-reactive ketones (excluding diaryl/α,β-unsaturated/α-hetero) is 1. The molecular weight excluding hydrogens is 408 g/mol. The minimum absolute atomic E-state index is 0.0289. The van der Waals surface area contributed by atoms with Crippen molar-refractivity contribution in [3.8, 4) is 11.5 Å². The summed E-state index contributed by atoms with van der Waals surface area (Å²) in [5.41, 5.74) is 1.39. The van der Waals surface area contributed by atoms with Crippen molar-refractivity contribution in [2.24, 2.45) is 0 Å². The van der Waals surface area contributed by atoms with Gasteiger partial charge in [0, 0.05) is 5.56 Å². The van der Waals surface area contributed by atoms with E-state index < -0.39 is 9.76 Å². The highest BCUT2D eigenvalue weighted by molar-refractivity contribution is 9.10. The van der Waals surface area contributed by atoms with Crippen LogP contribution in [0, 0.1) is 0 Å². The van der Waals surface area contributed by atoms with Crippen LogP contribution >= 0.6 is 15.9 Å². The van der Waals surface area contributed by atoms with Crippen molar-refractivity contribution >= 4 is 31.5 Å². The van der Waals surface area contributed by atoms with Gasteiger partial charge in [-0.05, 0) is 77.6 Å². The molecule has 5 heteroatoms. The summed E-state index contributed by atoms with van der Waals surface area (Å²) >= 11 is 3.48. The monoisotopic (exact) mass is 434 g/mol. The predicted octanol–water partition coefficient (Wildman–Crippen LogP) is 6.00. The number of benzene rings is 2. The maximum atomic E-state index is 11.5. The van der Waals surface area contributed by atoms with Crippen LogP contribution in [0.4, 0.5) is 0 Å². The van der Waals surface area contributed by atoms with Crippen molar-refractivity contribution in [3.05, 3.63) is 58.1 Å². The number of hydrogen-bond acceptors (Lipinski definition) is 3. The standard InChI is InChI=1S/C21H27BrO3Si/c1-14(23)15-10-11-19(18(22)12-15)24-17-9-7-8-16(13-17)21(5,6)25-26-20(2,3)4/h7-13H,26H2,1-6H3.